The van der Waals surface area contributed by atoms with Crippen molar-refractivity contribution in [1.29, 1.82) is 0 Å². The molecule has 0 spiro atoms. The highest BCUT2D eigenvalue weighted by Crippen LogP contribution is 2.46. The van der Waals surface area contributed by atoms with Gasteiger partial charge in [0.2, 0.25) is 0 Å². The first kappa shape index (κ1) is 36.9. The Morgan fingerprint density at radius 1 is 0.540 bits per heavy atom. The molecule has 1 aliphatic rings. The maximum absolute atomic E-state index is 17.7. The zero-order valence-electron chi connectivity index (χ0n) is 34.5. The largest absolute Gasteiger partial charge is 0.327 e. The summed E-state index contributed by atoms with van der Waals surface area (Å²) in [4.78, 5) is 12.3. The molecule has 0 fully saturated rings. The Balaban J connectivity index is 1.17. The molecule has 3 aromatic heterocycles. The molecule has 63 heavy (non-hydrogen) atoms. The van der Waals surface area contributed by atoms with Gasteiger partial charge in [0.25, 0.3) is 0 Å². The van der Waals surface area contributed by atoms with Gasteiger partial charge in [0.1, 0.15) is 11.6 Å². The standard InChI is InChI=1S/C56H40FN5Si/c1-60-47-29-14-12-27-45(47)59-56(60)40-19-17-18-38(36-40)54(57)39-31-33-50-49(37-39)62(52-30-15-16-35-58-52)55-51(63(50,42-22-7-3-8-23-42)43-24-9-4-10-25-43)34-32-48-53(55)44-26-11-13-28-46(44)61(48)41-20-5-2-6-21-41/h2-37,54H,1H3. The Morgan fingerprint density at radius 3 is 1.92 bits per heavy atom. The van der Waals surface area contributed by atoms with Crippen molar-refractivity contribution in [3.05, 3.63) is 230 Å². The van der Waals surface area contributed by atoms with E-state index in [2.05, 4.69) is 166 Å². The first-order valence-electron chi connectivity index (χ1n) is 21.4. The number of halogens is 1. The molecule has 300 valence electrons. The first-order chi connectivity index (χ1) is 31.1. The van der Waals surface area contributed by atoms with E-state index in [9.17, 15) is 0 Å². The Morgan fingerprint density at radius 2 is 1.19 bits per heavy atom. The van der Waals surface area contributed by atoms with Gasteiger partial charge in [-0.05, 0) is 92.5 Å². The molecule has 0 saturated carbocycles. The Labute approximate surface area is 365 Å². The molecule has 0 aliphatic carbocycles. The SMILES string of the molecule is Cn1c(-c2cccc(C(F)c3ccc4c(c3)N(c3ccccn3)c3c(ccc5c3c3ccccc3n5-c3ccccc3)[Si]4(c3ccccc3)c3ccccc3)c2)nc2ccccc21. The normalized spacial score (nSPS) is 13.6. The molecule has 4 heterocycles. The number of para-hydroxylation sites is 4. The number of fused-ring (bicyclic) bond motifs is 7. The number of aromatic nitrogens is 4. The van der Waals surface area contributed by atoms with E-state index in [0.29, 0.717) is 11.1 Å². The van der Waals surface area contributed by atoms with Gasteiger partial charge in [-0.3, -0.25) is 4.90 Å². The third-order valence-corrected chi connectivity index (χ3v) is 17.8. The van der Waals surface area contributed by atoms with Crippen molar-refractivity contribution in [2.24, 2.45) is 7.05 Å². The van der Waals surface area contributed by atoms with Gasteiger partial charge < -0.3 is 9.13 Å². The fourth-order valence-electron chi connectivity index (χ4n) is 10.2. The number of pyridine rings is 1. The molecule has 11 aromatic rings. The van der Waals surface area contributed by atoms with Crippen LogP contribution in [0, 0.1) is 0 Å². The number of hydrogen-bond acceptors (Lipinski definition) is 3. The lowest BCUT2D eigenvalue weighted by molar-refractivity contribution is 0.402. The van der Waals surface area contributed by atoms with Crippen LogP contribution < -0.4 is 25.6 Å². The smallest absolute Gasteiger partial charge is 0.184 e. The number of aryl methyl sites for hydroxylation is 1. The van der Waals surface area contributed by atoms with E-state index in [1.807, 2.05) is 73.9 Å². The number of nitrogens with zero attached hydrogens (tertiary/aromatic N) is 5. The zero-order valence-corrected chi connectivity index (χ0v) is 35.5. The molecular formula is C56H40FN5Si. The van der Waals surface area contributed by atoms with Crippen LogP contribution in [0.15, 0.2) is 219 Å². The maximum atomic E-state index is 17.7. The van der Waals surface area contributed by atoms with Crippen molar-refractivity contribution in [3.8, 4) is 17.1 Å². The van der Waals surface area contributed by atoms with Gasteiger partial charge in [0, 0.05) is 41.0 Å². The van der Waals surface area contributed by atoms with Crippen LogP contribution in [-0.4, -0.2) is 27.2 Å². The molecule has 0 N–H and O–H groups in total. The molecule has 0 radical (unpaired) electrons. The molecule has 7 heteroatoms. The summed E-state index contributed by atoms with van der Waals surface area (Å²) in [7, 11) is -1.13. The third kappa shape index (κ3) is 5.60. The Kier molecular flexibility index (Phi) is 8.59. The molecule has 1 aliphatic heterocycles. The molecule has 0 bridgehead atoms. The highest BCUT2D eigenvalue weighted by atomic mass is 28.3. The minimum absolute atomic E-state index is 0.572. The quantitative estimate of drug-likeness (QED) is 0.150. The maximum Gasteiger partial charge on any atom is 0.184 e. The van der Waals surface area contributed by atoms with Gasteiger partial charge in [-0.25, -0.2) is 14.4 Å². The van der Waals surface area contributed by atoms with Gasteiger partial charge in [0.05, 0.1) is 27.8 Å². The molecule has 1 atom stereocenters. The average Bonchev–Trinajstić information content (AvgIpc) is 3.88. The summed E-state index contributed by atoms with van der Waals surface area (Å²) in [5, 5.41) is 7.20. The van der Waals surface area contributed by atoms with Crippen molar-refractivity contribution in [1.82, 2.24) is 19.1 Å². The van der Waals surface area contributed by atoms with Crippen LogP contribution in [0.2, 0.25) is 0 Å². The van der Waals surface area contributed by atoms with Crippen molar-refractivity contribution in [3.63, 3.8) is 0 Å². The Hall–Kier alpha value is -7.87. The molecule has 0 amide bonds. The lowest BCUT2D eigenvalue weighted by atomic mass is 9.99. The second kappa shape index (κ2) is 14.6. The van der Waals surface area contributed by atoms with Crippen LogP contribution in [0.3, 0.4) is 0 Å². The molecule has 8 aromatic carbocycles. The minimum Gasteiger partial charge on any atom is -0.327 e. The highest BCUT2D eigenvalue weighted by Gasteiger charge is 2.50. The highest BCUT2D eigenvalue weighted by molar-refractivity contribution is 7.21. The fourth-order valence-corrected chi connectivity index (χ4v) is 15.3. The number of benzene rings is 8. The fraction of sp³-hybridized carbons (Fsp3) is 0.0357. The topological polar surface area (TPSA) is 38.9 Å². The van der Waals surface area contributed by atoms with E-state index in [1.54, 1.807) is 0 Å². The van der Waals surface area contributed by atoms with Gasteiger partial charge in [-0.2, -0.15) is 0 Å². The average molecular weight is 830 g/mol. The van der Waals surface area contributed by atoms with Crippen LogP contribution in [0.25, 0.3) is 49.9 Å². The van der Waals surface area contributed by atoms with Crippen LogP contribution in [0.1, 0.15) is 17.3 Å². The van der Waals surface area contributed by atoms with Crippen LogP contribution >= 0.6 is 0 Å². The number of alkyl halides is 1. The van der Waals surface area contributed by atoms with Gasteiger partial charge in [-0.15, -0.1) is 0 Å². The van der Waals surface area contributed by atoms with E-state index >= 15 is 4.39 Å². The van der Waals surface area contributed by atoms with E-state index in [4.69, 9.17) is 9.97 Å². The summed E-state index contributed by atoms with van der Waals surface area (Å²) < 4.78 is 22.2. The summed E-state index contributed by atoms with van der Waals surface area (Å²) in [6.07, 6.45) is 0.432. The lowest BCUT2D eigenvalue weighted by Gasteiger charge is -2.45. The molecule has 0 saturated heterocycles. The zero-order chi connectivity index (χ0) is 42.1. The summed E-state index contributed by atoms with van der Waals surface area (Å²) in [5.74, 6) is 1.57. The van der Waals surface area contributed by atoms with Crippen molar-refractivity contribution >= 4 is 78.9 Å². The molecule has 12 rings (SSSR count). The predicted molar refractivity (Wildman–Crippen MR) is 260 cm³/mol. The summed E-state index contributed by atoms with van der Waals surface area (Å²) in [5.41, 5.74) is 9.24. The number of imidazole rings is 1. The van der Waals surface area contributed by atoms with Crippen LogP contribution in [0.4, 0.5) is 21.6 Å². The predicted octanol–water partition coefficient (Wildman–Crippen LogP) is 11.0. The summed E-state index contributed by atoms with van der Waals surface area (Å²) in [6.45, 7) is 0. The Bertz CT molecular complexity index is 3460. The van der Waals surface area contributed by atoms with Crippen molar-refractivity contribution in [2.45, 2.75) is 6.17 Å². The van der Waals surface area contributed by atoms with Crippen LogP contribution in [0.5, 0.6) is 0 Å². The number of anilines is 3. The number of rotatable bonds is 7. The first-order valence-corrected chi connectivity index (χ1v) is 23.4. The van der Waals surface area contributed by atoms with Gasteiger partial charge in [0.15, 0.2) is 14.2 Å². The van der Waals surface area contributed by atoms with E-state index in [-0.39, 0.29) is 0 Å². The number of hydrogen-bond donors (Lipinski definition) is 0. The van der Waals surface area contributed by atoms with E-state index in [1.165, 1.54) is 20.7 Å². The van der Waals surface area contributed by atoms with Crippen LogP contribution in [-0.2, 0) is 7.05 Å². The lowest BCUT2D eigenvalue weighted by Crippen LogP contribution is -2.77. The van der Waals surface area contributed by atoms with E-state index < -0.39 is 14.2 Å². The second-order valence-electron chi connectivity index (χ2n) is 16.3. The summed E-state index contributed by atoms with van der Waals surface area (Å²) >= 11 is 0. The van der Waals surface area contributed by atoms with Gasteiger partial charge >= 0.3 is 0 Å². The molecular weight excluding hydrogens is 790 g/mol. The molecule has 5 nitrogen and oxygen atoms in total. The minimum atomic E-state index is -3.15. The van der Waals surface area contributed by atoms with Gasteiger partial charge in [-0.1, -0.05) is 152 Å². The third-order valence-electron chi connectivity index (χ3n) is 12.9. The monoisotopic (exact) mass is 829 g/mol. The summed E-state index contributed by atoms with van der Waals surface area (Å²) in [6, 6.07) is 74.2. The molecule has 1 unspecified atom stereocenters. The van der Waals surface area contributed by atoms with Crippen molar-refractivity contribution in [2.75, 3.05) is 4.90 Å². The second-order valence-corrected chi connectivity index (χ2v) is 20.0. The van der Waals surface area contributed by atoms with Crippen molar-refractivity contribution < 1.29 is 4.39 Å². The van der Waals surface area contributed by atoms with E-state index in [0.717, 1.165) is 67.1 Å².